The van der Waals surface area contributed by atoms with E-state index in [2.05, 4.69) is 20.9 Å². The van der Waals surface area contributed by atoms with Crippen molar-refractivity contribution in [3.05, 3.63) is 65.3 Å². The first-order valence-corrected chi connectivity index (χ1v) is 8.94. The van der Waals surface area contributed by atoms with Gasteiger partial charge in [-0.05, 0) is 48.5 Å². The SMILES string of the molecule is NC(=O)c1ccc(N2CCN(c3ccnc4cc(Cl)ccc34)CC2)cc1. The lowest BCUT2D eigenvalue weighted by Gasteiger charge is -2.37. The molecule has 2 heterocycles. The molecule has 132 valence electrons. The van der Waals surface area contributed by atoms with Crippen LogP contribution in [0.5, 0.6) is 0 Å². The van der Waals surface area contributed by atoms with Crippen LogP contribution in [0.3, 0.4) is 0 Å². The van der Waals surface area contributed by atoms with Crippen molar-refractivity contribution in [2.45, 2.75) is 0 Å². The van der Waals surface area contributed by atoms with Crippen molar-refractivity contribution in [1.82, 2.24) is 4.98 Å². The predicted octanol–water partition coefficient (Wildman–Crippen LogP) is 3.31. The average Bonchev–Trinajstić information content (AvgIpc) is 2.67. The van der Waals surface area contributed by atoms with Crippen LogP contribution in [-0.4, -0.2) is 37.1 Å². The fraction of sp³-hybridized carbons (Fsp3) is 0.200. The highest BCUT2D eigenvalue weighted by molar-refractivity contribution is 6.31. The van der Waals surface area contributed by atoms with Crippen molar-refractivity contribution in [2.24, 2.45) is 5.73 Å². The molecular weight excluding hydrogens is 348 g/mol. The van der Waals surface area contributed by atoms with E-state index in [1.807, 2.05) is 36.5 Å². The van der Waals surface area contributed by atoms with Crippen LogP contribution in [0.1, 0.15) is 10.4 Å². The van der Waals surface area contributed by atoms with Gasteiger partial charge in [0.15, 0.2) is 0 Å². The fourth-order valence-corrected chi connectivity index (χ4v) is 3.59. The molecular formula is C20H19ClN4O. The Kier molecular flexibility index (Phi) is 4.39. The smallest absolute Gasteiger partial charge is 0.248 e. The van der Waals surface area contributed by atoms with Gasteiger partial charge in [-0.3, -0.25) is 9.78 Å². The minimum absolute atomic E-state index is 0.397. The van der Waals surface area contributed by atoms with Crippen LogP contribution in [0.4, 0.5) is 11.4 Å². The molecule has 0 aliphatic carbocycles. The first kappa shape index (κ1) is 16.7. The van der Waals surface area contributed by atoms with Gasteiger partial charge in [-0.25, -0.2) is 0 Å². The van der Waals surface area contributed by atoms with E-state index in [0.29, 0.717) is 10.6 Å². The summed E-state index contributed by atoms with van der Waals surface area (Å²) in [7, 11) is 0. The Labute approximate surface area is 157 Å². The molecule has 6 heteroatoms. The number of amides is 1. The minimum Gasteiger partial charge on any atom is -0.368 e. The topological polar surface area (TPSA) is 62.5 Å². The molecule has 0 atom stereocenters. The van der Waals surface area contributed by atoms with Crippen molar-refractivity contribution in [1.29, 1.82) is 0 Å². The summed E-state index contributed by atoms with van der Waals surface area (Å²) in [5.74, 6) is -0.397. The number of carbonyl (C=O) groups is 1. The number of nitrogens with two attached hydrogens (primary N) is 1. The number of nitrogens with zero attached hydrogens (tertiary/aromatic N) is 3. The Morgan fingerprint density at radius 2 is 1.65 bits per heavy atom. The van der Waals surface area contributed by atoms with E-state index in [4.69, 9.17) is 17.3 Å². The highest BCUT2D eigenvalue weighted by atomic mass is 35.5. The maximum Gasteiger partial charge on any atom is 0.248 e. The van der Waals surface area contributed by atoms with Crippen molar-refractivity contribution < 1.29 is 4.79 Å². The van der Waals surface area contributed by atoms with Gasteiger partial charge < -0.3 is 15.5 Å². The van der Waals surface area contributed by atoms with Crippen LogP contribution < -0.4 is 15.5 Å². The number of carbonyl (C=O) groups excluding carboxylic acids is 1. The number of halogens is 1. The normalized spacial score (nSPS) is 14.7. The van der Waals surface area contributed by atoms with Gasteiger partial charge in [-0.15, -0.1) is 0 Å². The first-order valence-electron chi connectivity index (χ1n) is 8.56. The van der Waals surface area contributed by atoms with Crippen LogP contribution in [-0.2, 0) is 0 Å². The second kappa shape index (κ2) is 6.84. The van der Waals surface area contributed by atoms with Crippen molar-refractivity contribution in [3.8, 4) is 0 Å². The molecule has 0 bridgehead atoms. The largest absolute Gasteiger partial charge is 0.368 e. The lowest BCUT2D eigenvalue weighted by Crippen LogP contribution is -2.46. The fourth-order valence-electron chi connectivity index (χ4n) is 3.42. The van der Waals surface area contributed by atoms with Gasteiger partial charge in [-0.2, -0.15) is 0 Å². The second-order valence-corrected chi connectivity index (χ2v) is 6.81. The first-order chi connectivity index (χ1) is 12.6. The van der Waals surface area contributed by atoms with Gasteiger partial charge in [-0.1, -0.05) is 11.6 Å². The monoisotopic (exact) mass is 366 g/mol. The van der Waals surface area contributed by atoms with E-state index in [1.165, 1.54) is 5.69 Å². The van der Waals surface area contributed by atoms with E-state index < -0.39 is 5.91 Å². The Morgan fingerprint density at radius 3 is 2.35 bits per heavy atom. The number of benzene rings is 2. The number of rotatable bonds is 3. The van der Waals surface area contributed by atoms with E-state index in [-0.39, 0.29) is 0 Å². The summed E-state index contributed by atoms with van der Waals surface area (Å²) >= 11 is 6.09. The number of anilines is 2. The van der Waals surface area contributed by atoms with E-state index >= 15 is 0 Å². The maximum absolute atomic E-state index is 11.2. The molecule has 5 nitrogen and oxygen atoms in total. The average molecular weight is 367 g/mol. The Hall–Kier alpha value is -2.79. The van der Waals surface area contributed by atoms with Gasteiger partial charge >= 0.3 is 0 Å². The molecule has 1 saturated heterocycles. The number of hydrogen-bond donors (Lipinski definition) is 1. The molecule has 0 spiro atoms. The van der Waals surface area contributed by atoms with Gasteiger partial charge in [0, 0.05) is 59.7 Å². The molecule has 2 N–H and O–H groups in total. The van der Waals surface area contributed by atoms with Crippen LogP contribution >= 0.6 is 11.6 Å². The summed E-state index contributed by atoms with van der Waals surface area (Å²) in [6.07, 6.45) is 1.84. The number of fused-ring (bicyclic) bond motifs is 1. The molecule has 1 fully saturated rings. The number of pyridine rings is 1. The summed E-state index contributed by atoms with van der Waals surface area (Å²) in [6.45, 7) is 3.65. The van der Waals surface area contributed by atoms with E-state index in [0.717, 1.165) is 42.8 Å². The Morgan fingerprint density at radius 1 is 0.962 bits per heavy atom. The highest BCUT2D eigenvalue weighted by Crippen LogP contribution is 2.29. The minimum atomic E-state index is -0.397. The molecule has 1 aromatic heterocycles. The number of hydrogen-bond acceptors (Lipinski definition) is 4. The standard InChI is InChI=1S/C20H19ClN4O/c21-15-3-6-17-18(13-15)23-8-7-19(17)25-11-9-24(10-12-25)16-4-1-14(2-5-16)20(22)26/h1-8,13H,9-12H2,(H2,22,26). The molecule has 2 aromatic carbocycles. The Bertz CT molecular complexity index is 950. The molecule has 3 aromatic rings. The number of piperazine rings is 1. The molecule has 4 rings (SSSR count). The third kappa shape index (κ3) is 3.18. The maximum atomic E-state index is 11.2. The molecule has 1 aliphatic heterocycles. The van der Waals surface area contributed by atoms with Crippen molar-refractivity contribution in [2.75, 3.05) is 36.0 Å². The zero-order valence-electron chi connectivity index (χ0n) is 14.2. The molecule has 0 saturated carbocycles. The molecule has 0 unspecified atom stereocenters. The Balaban J connectivity index is 1.51. The van der Waals surface area contributed by atoms with E-state index in [1.54, 1.807) is 12.1 Å². The zero-order chi connectivity index (χ0) is 18.1. The third-order valence-corrected chi connectivity index (χ3v) is 5.05. The summed E-state index contributed by atoms with van der Waals surface area (Å²) < 4.78 is 0. The van der Waals surface area contributed by atoms with Gasteiger partial charge in [0.1, 0.15) is 0 Å². The summed E-state index contributed by atoms with van der Waals surface area (Å²) in [4.78, 5) is 20.3. The predicted molar refractivity (Wildman–Crippen MR) is 106 cm³/mol. The molecule has 1 aliphatic rings. The van der Waals surface area contributed by atoms with Crippen LogP contribution in [0.15, 0.2) is 54.7 Å². The van der Waals surface area contributed by atoms with E-state index in [9.17, 15) is 4.79 Å². The summed E-state index contributed by atoms with van der Waals surface area (Å²) in [6, 6.07) is 15.4. The lowest BCUT2D eigenvalue weighted by molar-refractivity contribution is 0.100. The third-order valence-electron chi connectivity index (χ3n) is 4.82. The van der Waals surface area contributed by atoms with Crippen LogP contribution in [0.2, 0.25) is 5.02 Å². The highest BCUT2D eigenvalue weighted by Gasteiger charge is 2.19. The summed E-state index contributed by atoms with van der Waals surface area (Å²) in [5.41, 5.74) is 9.06. The van der Waals surface area contributed by atoms with Gasteiger partial charge in [0.25, 0.3) is 0 Å². The van der Waals surface area contributed by atoms with Crippen LogP contribution in [0.25, 0.3) is 10.9 Å². The number of aromatic nitrogens is 1. The molecule has 26 heavy (non-hydrogen) atoms. The van der Waals surface area contributed by atoms with Crippen molar-refractivity contribution >= 4 is 39.8 Å². The van der Waals surface area contributed by atoms with Crippen LogP contribution in [0, 0.1) is 0 Å². The zero-order valence-corrected chi connectivity index (χ0v) is 15.0. The van der Waals surface area contributed by atoms with Gasteiger partial charge in [0.05, 0.1) is 5.52 Å². The molecule has 0 radical (unpaired) electrons. The second-order valence-electron chi connectivity index (χ2n) is 6.38. The summed E-state index contributed by atoms with van der Waals surface area (Å²) in [5, 5.41) is 1.82. The lowest BCUT2D eigenvalue weighted by atomic mass is 10.1. The quantitative estimate of drug-likeness (QED) is 0.772. The molecule has 1 amide bonds. The van der Waals surface area contributed by atoms with Crippen molar-refractivity contribution in [3.63, 3.8) is 0 Å². The van der Waals surface area contributed by atoms with Gasteiger partial charge in [0.2, 0.25) is 5.91 Å². The number of primary amides is 1.